The van der Waals surface area contributed by atoms with Crippen LogP contribution in [0.15, 0.2) is 24.4 Å². The maximum atomic E-state index is 12.6. The van der Waals surface area contributed by atoms with Gasteiger partial charge in [0, 0.05) is 29.9 Å². The summed E-state index contributed by atoms with van der Waals surface area (Å²) in [5.41, 5.74) is 4.04. The normalized spacial score (nSPS) is 17.9. The molecule has 1 amide bonds. The average molecular weight is 376 g/mol. The fourth-order valence-electron chi connectivity index (χ4n) is 3.55. The van der Waals surface area contributed by atoms with Gasteiger partial charge in [-0.3, -0.25) is 13.8 Å². The Balaban J connectivity index is 1.82. The molecule has 2 atom stereocenters. The van der Waals surface area contributed by atoms with Gasteiger partial charge >= 0.3 is 0 Å². The summed E-state index contributed by atoms with van der Waals surface area (Å²) in [7, 11) is -1.47. The first-order chi connectivity index (χ1) is 12.1. The summed E-state index contributed by atoms with van der Waals surface area (Å²) in [5.74, 6) is -0.186. The molecule has 0 aliphatic carbocycles. The number of aromatic nitrogens is 2. The molecular weight excluding hydrogens is 352 g/mol. The van der Waals surface area contributed by atoms with Crippen LogP contribution in [-0.4, -0.2) is 36.4 Å². The number of benzene rings is 1. The number of carbonyl (C=O) groups is 1. The predicted octanol–water partition coefficient (Wildman–Crippen LogP) is 1.93. The van der Waals surface area contributed by atoms with Crippen molar-refractivity contribution >= 4 is 21.6 Å². The second-order valence-electron chi connectivity index (χ2n) is 6.96. The van der Waals surface area contributed by atoms with Crippen molar-refractivity contribution in [1.29, 1.82) is 0 Å². The SMILES string of the molecule is Cc1c([C@H](C)NC(=O)c2ccc3c(c2)C[C@H](C)N3S(C)(=O)=O)cnn1C. The number of fused-ring (bicyclic) bond motifs is 1. The van der Waals surface area contributed by atoms with Crippen molar-refractivity contribution in [2.24, 2.45) is 7.05 Å². The highest BCUT2D eigenvalue weighted by Gasteiger charge is 2.32. The maximum absolute atomic E-state index is 12.6. The summed E-state index contributed by atoms with van der Waals surface area (Å²) < 4.78 is 27.2. The summed E-state index contributed by atoms with van der Waals surface area (Å²) in [6, 6.07) is 4.86. The van der Waals surface area contributed by atoms with E-state index in [1.807, 2.05) is 27.8 Å². The van der Waals surface area contributed by atoms with Gasteiger partial charge in [0.1, 0.15) is 0 Å². The van der Waals surface area contributed by atoms with E-state index in [2.05, 4.69) is 10.4 Å². The maximum Gasteiger partial charge on any atom is 0.251 e. The van der Waals surface area contributed by atoms with E-state index in [1.165, 1.54) is 10.6 Å². The molecule has 140 valence electrons. The summed E-state index contributed by atoms with van der Waals surface area (Å²) in [5, 5.41) is 7.19. The molecule has 1 aromatic carbocycles. The van der Waals surface area contributed by atoms with Gasteiger partial charge in [0.15, 0.2) is 0 Å². The predicted molar refractivity (Wildman–Crippen MR) is 101 cm³/mol. The van der Waals surface area contributed by atoms with E-state index in [0.717, 1.165) is 16.8 Å². The van der Waals surface area contributed by atoms with Crippen LogP contribution in [0.1, 0.15) is 47.1 Å². The lowest BCUT2D eigenvalue weighted by molar-refractivity contribution is 0.0939. The van der Waals surface area contributed by atoms with E-state index in [4.69, 9.17) is 0 Å². The first-order valence-corrected chi connectivity index (χ1v) is 10.4. The van der Waals surface area contributed by atoms with Crippen LogP contribution >= 0.6 is 0 Å². The molecule has 2 aromatic rings. The van der Waals surface area contributed by atoms with Gasteiger partial charge in [-0.05, 0) is 51.0 Å². The zero-order valence-corrected chi connectivity index (χ0v) is 16.5. The Morgan fingerprint density at radius 2 is 2.08 bits per heavy atom. The van der Waals surface area contributed by atoms with Crippen molar-refractivity contribution < 1.29 is 13.2 Å². The van der Waals surface area contributed by atoms with Gasteiger partial charge in [0.05, 0.1) is 24.2 Å². The molecule has 0 radical (unpaired) electrons. The van der Waals surface area contributed by atoms with Crippen LogP contribution in [0.25, 0.3) is 0 Å². The number of anilines is 1. The molecule has 7 nitrogen and oxygen atoms in total. The molecule has 0 bridgehead atoms. The number of sulfonamides is 1. The van der Waals surface area contributed by atoms with Crippen LogP contribution in [0.3, 0.4) is 0 Å². The molecular formula is C18H24N4O3S. The number of hydrogen-bond acceptors (Lipinski definition) is 4. The minimum Gasteiger partial charge on any atom is -0.345 e. The lowest BCUT2D eigenvalue weighted by atomic mass is 10.1. The van der Waals surface area contributed by atoms with Crippen LogP contribution in [-0.2, 0) is 23.5 Å². The van der Waals surface area contributed by atoms with E-state index < -0.39 is 10.0 Å². The van der Waals surface area contributed by atoms with E-state index in [-0.39, 0.29) is 18.0 Å². The van der Waals surface area contributed by atoms with Crippen molar-refractivity contribution in [3.8, 4) is 0 Å². The Labute approximate surface area is 154 Å². The van der Waals surface area contributed by atoms with Crippen molar-refractivity contribution in [2.45, 2.75) is 39.3 Å². The fraction of sp³-hybridized carbons (Fsp3) is 0.444. The van der Waals surface area contributed by atoms with Crippen LogP contribution in [0, 0.1) is 6.92 Å². The highest BCUT2D eigenvalue weighted by atomic mass is 32.2. The Kier molecular flexibility index (Phi) is 4.56. The first-order valence-electron chi connectivity index (χ1n) is 8.51. The van der Waals surface area contributed by atoms with E-state index >= 15 is 0 Å². The molecule has 8 heteroatoms. The second kappa shape index (κ2) is 6.42. The van der Waals surface area contributed by atoms with Gasteiger partial charge in [-0.25, -0.2) is 8.42 Å². The molecule has 1 aliphatic heterocycles. The highest BCUT2D eigenvalue weighted by molar-refractivity contribution is 7.92. The number of aryl methyl sites for hydroxylation is 1. The van der Waals surface area contributed by atoms with Gasteiger partial charge in [-0.2, -0.15) is 5.10 Å². The van der Waals surface area contributed by atoms with Gasteiger partial charge in [0.2, 0.25) is 10.0 Å². The monoisotopic (exact) mass is 376 g/mol. The van der Waals surface area contributed by atoms with Crippen LogP contribution in [0.4, 0.5) is 5.69 Å². The fourth-order valence-corrected chi connectivity index (χ4v) is 4.81. The van der Waals surface area contributed by atoms with Crippen molar-refractivity contribution in [3.05, 3.63) is 46.8 Å². The Morgan fingerprint density at radius 3 is 2.65 bits per heavy atom. The van der Waals surface area contributed by atoms with Crippen LogP contribution in [0.2, 0.25) is 0 Å². The number of amides is 1. The lowest BCUT2D eigenvalue weighted by Crippen LogP contribution is -2.34. The number of carbonyl (C=O) groups excluding carboxylic acids is 1. The minimum absolute atomic E-state index is 0.143. The summed E-state index contributed by atoms with van der Waals surface area (Å²) in [6.45, 7) is 5.75. The van der Waals surface area contributed by atoms with E-state index in [9.17, 15) is 13.2 Å². The third-order valence-electron chi connectivity index (χ3n) is 4.94. The molecule has 1 N–H and O–H groups in total. The van der Waals surface area contributed by atoms with Gasteiger partial charge in [-0.15, -0.1) is 0 Å². The highest BCUT2D eigenvalue weighted by Crippen LogP contribution is 2.34. The third kappa shape index (κ3) is 3.21. The van der Waals surface area contributed by atoms with Gasteiger partial charge in [0.25, 0.3) is 5.91 Å². The number of rotatable bonds is 4. The molecule has 0 fully saturated rings. The average Bonchev–Trinajstić information content (AvgIpc) is 3.05. The standard InChI is InChI=1S/C18H24N4O3S/c1-11-8-15-9-14(6-7-17(15)22(11)26(5,24)25)18(23)20-12(2)16-10-19-21(4)13(16)3/h6-7,9-12H,8H2,1-5H3,(H,20,23)/t11-,12-/m0/s1. The molecule has 3 rings (SSSR count). The summed E-state index contributed by atoms with van der Waals surface area (Å²) in [4.78, 5) is 12.6. The van der Waals surface area contributed by atoms with E-state index in [1.54, 1.807) is 29.1 Å². The largest absolute Gasteiger partial charge is 0.345 e. The zero-order valence-electron chi connectivity index (χ0n) is 15.6. The molecule has 0 unspecified atom stereocenters. The molecule has 0 saturated carbocycles. The van der Waals surface area contributed by atoms with Gasteiger partial charge in [-0.1, -0.05) is 0 Å². The summed E-state index contributed by atoms with van der Waals surface area (Å²) >= 11 is 0. The van der Waals surface area contributed by atoms with Crippen molar-refractivity contribution in [2.75, 3.05) is 10.6 Å². The second-order valence-corrected chi connectivity index (χ2v) is 8.82. The molecule has 2 heterocycles. The smallest absolute Gasteiger partial charge is 0.251 e. The molecule has 26 heavy (non-hydrogen) atoms. The minimum atomic E-state index is -3.33. The van der Waals surface area contributed by atoms with Crippen LogP contribution < -0.4 is 9.62 Å². The Morgan fingerprint density at radius 1 is 1.38 bits per heavy atom. The number of hydrogen-bond donors (Lipinski definition) is 1. The molecule has 0 spiro atoms. The lowest BCUT2D eigenvalue weighted by Gasteiger charge is -2.22. The first kappa shape index (κ1) is 18.4. The molecule has 0 saturated heterocycles. The van der Waals surface area contributed by atoms with Crippen LogP contribution in [0.5, 0.6) is 0 Å². The van der Waals surface area contributed by atoms with Gasteiger partial charge < -0.3 is 5.32 Å². The zero-order chi connectivity index (χ0) is 19.2. The molecule has 1 aliphatic rings. The quantitative estimate of drug-likeness (QED) is 0.884. The Hall–Kier alpha value is -2.35. The van der Waals surface area contributed by atoms with Crippen molar-refractivity contribution in [3.63, 3.8) is 0 Å². The number of nitrogens with one attached hydrogen (secondary N) is 1. The Bertz CT molecular complexity index is 965. The third-order valence-corrected chi connectivity index (χ3v) is 6.21. The molecule has 1 aromatic heterocycles. The summed E-state index contributed by atoms with van der Waals surface area (Å²) in [6.07, 6.45) is 3.56. The van der Waals surface area contributed by atoms with E-state index in [0.29, 0.717) is 17.7 Å². The number of nitrogens with zero attached hydrogens (tertiary/aromatic N) is 3. The topological polar surface area (TPSA) is 84.3 Å². The van der Waals surface area contributed by atoms with Crippen molar-refractivity contribution in [1.82, 2.24) is 15.1 Å².